The Kier molecular flexibility index (Phi) is 5.74. The smallest absolute Gasteiger partial charge is 0.335 e. The molecule has 150 valence electrons. The summed E-state index contributed by atoms with van der Waals surface area (Å²) in [6.45, 7) is 3.81. The number of rotatable bonds is 4. The fraction of sp³-hybridized carbons (Fsp3) is 0.190. The van der Waals surface area contributed by atoms with Gasteiger partial charge in [0.2, 0.25) is 0 Å². The van der Waals surface area contributed by atoms with Crippen LogP contribution >= 0.6 is 15.9 Å². The summed E-state index contributed by atoms with van der Waals surface area (Å²) in [6.07, 6.45) is 1.41. The third kappa shape index (κ3) is 3.88. The monoisotopic (exact) mass is 458 g/mol. The summed E-state index contributed by atoms with van der Waals surface area (Å²) in [6, 6.07) is 7.73. The molecule has 0 radical (unpaired) electrons. The van der Waals surface area contributed by atoms with Gasteiger partial charge in [-0.15, -0.1) is 0 Å². The second kappa shape index (κ2) is 8.08. The maximum atomic E-state index is 13.0. The van der Waals surface area contributed by atoms with Crippen LogP contribution in [0.15, 0.2) is 40.4 Å². The molecule has 0 aromatic heterocycles. The minimum atomic E-state index is -0.785. The summed E-state index contributed by atoms with van der Waals surface area (Å²) in [5, 5.41) is 2.22. The summed E-state index contributed by atoms with van der Waals surface area (Å²) in [5.74, 6) is -0.536. The maximum Gasteiger partial charge on any atom is 0.335 e. The second-order valence-corrected chi connectivity index (χ2v) is 7.31. The van der Waals surface area contributed by atoms with Crippen LogP contribution in [-0.2, 0) is 9.59 Å². The number of hydrogen-bond donors (Lipinski definition) is 1. The molecule has 0 bridgehead atoms. The Hall–Kier alpha value is -3.13. The highest BCUT2D eigenvalue weighted by Crippen LogP contribution is 2.35. The Morgan fingerprint density at radius 1 is 0.966 bits per heavy atom. The van der Waals surface area contributed by atoms with Crippen molar-refractivity contribution >= 4 is 45.5 Å². The third-order valence-corrected chi connectivity index (χ3v) is 5.34. The molecule has 2 aromatic rings. The Balaban J connectivity index is 2.07. The van der Waals surface area contributed by atoms with E-state index in [4.69, 9.17) is 9.47 Å². The fourth-order valence-corrected chi connectivity index (χ4v) is 3.33. The van der Waals surface area contributed by atoms with Gasteiger partial charge in [0, 0.05) is 4.47 Å². The van der Waals surface area contributed by atoms with E-state index in [0.29, 0.717) is 27.2 Å². The molecule has 1 aliphatic heterocycles. The Labute approximate surface area is 176 Å². The molecule has 0 atom stereocenters. The van der Waals surface area contributed by atoms with Gasteiger partial charge in [-0.2, -0.15) is 0 Å². The number of carbonyl (C=O) groups excluding carboxylic acids is 3. The predicted octanol–water partition coefficient (Wildman–Crippen LogP) is 3.75. The van der Waals surface area contributed by atoms with Crippen molar-refractivity contribution in [3.8, 4) is 11.5 Å². The van der Waals surface area contributed by atoms with Crippen molar-refractivity contribution in [3.05, 3.63) is 57.1 Å². The van der Waals surface area contributed by atoms with Gasteiger partial charge in [-0.05, 0) is 60.9 Å². The number of imide groups is 2. The average Bonchev–Trinajstić information content (AvgIpc) is 2.68. The van der Waals surface area contributed by atoms with Gasteiger partial charge in [0.05, 0.1) is 19.9 Å². The Morgan fingerprint density at radius 2 is 1.62 bits per heavy atom. The van der Waals surface area contributed by atoms with E-state index < -0.39 is 17.8 Å². The lowest BCUT2D eigenvalue weighted by molar-refractivity contribution is -0.122. The lowest BCUT2D eigenvalue weighted by atomic mass is 10.0. The van der Waals surface area contributed by atoms with Gasteiger partial charge in [-0.25, -0.2) is 9.69 Å². The van der Waals surface area contributed by atoms with Crippen LogP contribution in [0, 0.1) is 13.8 Å². The number of nitrogens with one attached hydrogen (secondary N) is 1. The number of halogens is 1. The van der Waals surface area contributed by atoms with Crippen LogP contribution in [0.2, 0.25) is 0 Å². The first-order chi connectivity index (χ1) is 13.8. The standard InChI is InChI=1S/C21H19BrN2O5/c1-11-5-6-14(7-12(11)2)24-20(26)15(19(25)23-21(24)27)8-13-9-17(28-3)18(29-4)10-16(13)22/h5-10H,1-4H3,(H,23,25,27). The number of urea groups is 1. The molecular formula is C21H19BrN2O5. The number of nitrogens with zero attached hydrogens (tertiary/aromatic N) is 1. The topological polar surface area (TPSA) is 84.9 Å². The van der Waals surface area contributed by atoms with Crippen LogP contribution in [0.4, 0.5) is 10.5 Å². The molecule has 1 saturated heterocycles. The van der Waals surface area contributed by atoms with Crippen molar-refractivity contribution < 1.29 is 23.9 Å². The SMILES string of the molecule is COc1cc(Br)c(C=C2C(=O)NC(=O)N(c3ccc(C)c(C)c3)C2=O)cc1OC. The van der Waals surface area contributed by atoms with Crippen molar-refractivity contribution in [2.45, 2.75) is 13.8 Å². The van der Waals surface area contributed by atoms with Gasteiger partial charge in [0.15, 0.2) is 11.5 Å². The molecule has 0 spiro atoms. The number of carbonyl (C=O) groups is 3. The number of hydrogen-bond acceptors (Lipinski definition) is 5. The number of methoxy groups -OCH3 is 2. The minimum Gasteiger partial charge on any atom is -0.493 e. The molecule has 4 amide bonds. The maximum absolute atomic E-state index is 13.0. The lowest BCUT2D eigenvalue weighted by Crippen LogP contribution is -2.54. The molecule has 0 unspecified atom stereocenters. The summed E-state index contributed by atoms with van der Waals surface area (Å²) >= 11 is 3.40. The van der Waals surface area contributed by atoms with Gasteiger partial charge in [0.25, 0.3) is 11.8 Å². The fourth-order valence-electron chi connectivity index (χ4n) is 2.89. The average molecular weight is 459 g/mol. The highest BCUT2D eigenvalue weighted by atomic mass is 79.9. The van der Waals surface area contributed by atoms with E-state index >= 15 is 0 Å². The Morgan fingerprint density at radius 3 is 2.24 bits per heavy atom. The van der Waals surface area contributed by atoms with E-state index in [1.807, 2.05) is 19.9 Å². The number of barbiturate groups is 1. The van der Waals surface area contributed by atoms with Gasteiger partial charge >= 0.3 is 6.03 Å². The second-order valence-electron chi connectivity index (χ2n) is 6.46. The molecule has 7 nitrogen and oxygen atoms in total. The van der Waals surface area contributed by atoms with Gasteiger partial charge in [-0.1, -0.05) is 22.0 Å². The van der Waals surface area contributed by atoms with Gasteiger partial charge < -0.3 is 9.47 Å². The van der Waals surface area contributed by atoms with Gasteiger partial charge in [0.1, 0.15) is 5.57 Å². The van der Waals surface area contributed by atoms with Gasteiger partial charge in [-0.3, -0.25) is 14.9 Å². The zero-order valence-electron chi connectivity index (χ0n) is 16.3. The van der Waals surface area contributed by atoms with Crippen molar-refractivity contribution in [1.82, 2.24) is 5.32 Å². The predicted molar refractivity (Wildman–Crippen MR) is 112 cm³/mol. The number of ether oxygens (including phenoxy) is 2. The van der Waals surface area contributed by atoms with E-state index in [0.717, 1.165) is 16.0 Å². The van der Waals surface area contributed by atoms with Crippen LogP contribution in [-0.4, -0.2) is 32.1 Å². The quantitative estimate of drug-likeness (QED) is 0.556. The van der Waals surface area contributed by atoms with Crippen LogP contribution in [0.5, 0.6) is 11.5 Å². The van der Waals surface area contributed by atoms with Crippen LogP contribution in [0.25, 0.3) is 6.08 Å². The number of aryl methyl sites for hydroxylation is 2. The van der Waals surface area contributed by atoms with Crippen molar-refractivity contribution in [1.29, 1.82) is 0 Å². The van der Waals surface area contributed by atoms with E-state index in [-0.39, 0.29) is 5.57 Å². The third-order valence-electron chi connectivity index (χ3n) is 4.65. The number of anilines is 1. The summed E-state index contributed by atoms with van der Waals surface area (Å²) in [7, 11) is 2.99. The van der Waals surface area contributed by atoms with E-state index in [1.54, 1.807) is 24.3 Å². The summed E-state index contributed by atoms with van der Waals surface area (Å²) in [4.78, 5) is 38.7. The van der Waals surface area contributed by atoms with Crippen LogP contribution < -0.4 is 19.7 Å². The zero-order chi connectivity index (χ0) is 21.3. The summed E-state index contributed by atoms with van der Waals surface area (Å²) in [5.41, 5.74) is 2.69. The highest BCUT2D eigenvalue weighted by molar-refractivity contribution is 9.10. The molecule has 2 aromatic carbocycles. The van der Waals surface area contributed by atoms with Crippen LogP contribution in [0.3, 0.4) is 0 Å². The number of amides is 4. The highest BCUT2D eigenvalue weighted by Gasteiger charge is 2.37. The molecule has 1 aliphatic rings. The molecule has 3 rings (SSSR count). The first kappa shape index (κ1) is 20.6. The van der Waals surface area contributed by atoms with Crippen LogP contribution in [0.1, 0.15) is 16.7 Å². The van der Waals surface area contributed by atoms with E-state index in [9.17, 15) is 14.4 Å². The zero-order valence-corrected chi connectivity index (χ0v) is 17.9. The molecule has 1 fully saturated rings. The summed E-state index contributed by atoms with van der Waals surface area (Å²) < 4.78 is 11.1. The largest absolute Gasteiger partial charge is 0.493 e. The normalized spacial score (nSPS) is 15.6. The molecule has 0 aliphatic carbocycles. The molecule has 1 N–H and O–H groups in total. The molecule has 29 heavy (non-hydrogen) atoms. The molecular weight excluding hydrogens is 440 g/mol. The Bertz CT molecular complexity index is 1060. The first-order valence-corrected chi connectivity index (χ1v) is 9.46. The molecule has 8 heteroatoms. The number of benzene rings is 2. The minimum absolute atomic E-state index is 0.171. The van der Waals surface area contributed by atoms with Crippen molar-refractivity contribution in [2.75, 3.05) is 19.1 Å². The lowest BCUT2D eigenvalue weighted by Gasteiger charge is -2.27. The van der Waals surface area contributed by atoms with E-state index in [1.165, 1.54) is 20.3 Å². The molecule has 1 heterocycles. The molecule has 0 saturated carbocycles. The van der Waals surface area contributed by atoms with Crippen molar-refractivity contribution in [3.63, 3.8) is 0 Å². The van der Waals surface area contributed by atoms with E-state index in [2.05, 4.69) is 21.2 Å². The first-order valence-electron chi connectivity index (χ1n) is 8.67. The van der Waals surface area contributed by atoms with Crippen molar-refractivity contribution in [2.24, 2.45) is 0 Å².